The van der Waals surface area contributed by atoms with Gasteiger partial charge in [0.1, 0.15) is 5.78 Å². The fraction of sp³-hybridized carbons (Fsp3) is 0.300. The van der Waals surface area contributed by atoms with Gasteiger partial charge in [-0.1, -0.05) is 18.5 Å². The Morgan fingerprint density at radius 3 is 2.60 bits per heavy atom. The Hall–Kier alpha value is -1.42. The molecule has 15 heavy (non-hydrogen) atoms. The maximum Gasteiger partial charge on any atom is 0.274 e. The number of halogens is 1. The molecule has 0 aliphatic carbocycles. The van der Waals surface area contributed by atoms with Gasteiger partial charge in [0.25, 0.3) is 5.69 Å². The summed E-state index contributed by atoms with van der Waals surface area (Å²) < 4.78 is 0. The van der Waals surface area contributed by atoms with Gasteiger partial charge in [-0.3, -0.25) is 14.9 Å². The van der Waals surface area contributed by atoms with Gasteiger partial charge in [-0.2, -0.15) is 0 Å². The van der Waals surface area contributed by atoms with Crippen molar-refractivity contribution in [2.45, 2.75) is 19.8 Å². The van der Waals surface area contributed by atoms with E-state index in [1.54, 1.807) is 13.0 Å². The first-order valence-electron chi connectivity index (χ1n) is 4.37. The second-order valence-corrected chi connectivity index (χ2v) is 3.73. The van der Waals surface area contributed by atoms with Crippen molar-refractivity contribution in [1.29, 1.82) is 0 Å². The van der Waals surface area contributed by atoms with Crippen LogP contribution >= 0.6 is 11.6 Å². The highest BCUT2D eigenvalue weighted by molar-refractivity contribution is 6.30. The highest BCUT2D eigenvalue weighted by Crippen LogP contribution is 2.29. The second kappa shape index (κ2) is 4.40. The molecule has 5 heteroatoms. The lowest BCUT2D eigenvalue weighted by atomic mass is 9.96. The molecule has 0 bridgehead atoms. The van der Waals surface area contributed by atoms with E-state index in [2.05, 4.69) is 0 Å². The molecule has 1 aromatic rings. The molecule has 0 N–H and O–H groups in total. The number of Topliss-reactive ketones (excluding diaryl/α,β-unsaturated/α-hetero) is 1. The van der Waals surface area contributed by atoms with Crippen molar-refractivity contribution in [3.05, 3.63) is 38.9 Å². The quantitative estimate of drug-likeness (QED) is 0.589. The predicted molar refractivity (Wildman–Crippen MR) is 57.2 cm³/mol. The number of rotatable bonds is 3. The molecule has 0 aromatic heterocycles. The van der Waals surface area contributed by atoms with E-state index in [1.807, 2.05) is 0 Å². The Morgan fingerprint density at radius 1 is 1.53 bits per heavy atom. The third kappa shape index (κ3) is 2.53. The molecule has 0 fully saturated rings. The number of benzene rings is 1. The molecule has 0 heterocycles. The van der Waals surface area contributed by atoms with Crippen LogP contribution in [0.3, 0.4) is 0 Å². The van der Waals surface area contributed by atoms with Crippen LogP contribution in [0.5, 0.6) is 0 Å². The minimum atomic E-state index is -0.527. The van der Waals surface area contributed by atoms with Gasteiger partial charge >= 0.3 is 0 Å². The topological polar surface area (TPSA) is 60.2 Å². The number of nitro benzene ring substituents is 1. The van der Waals surface area contributed by atoms with Crippen molar-refractivity contribution in [3.8, 4) is 0 Å². The molecule has 0 amide bonds. The number of nitro groups is 1. The first kappa shape index (κ1) is 11.7. The molecular formula is C10H10ClNO3. The smallest absolute Gasteiger partial charge is 0.274 e. The van der Waals surface area contributed by atoms with Crippen LogP contribution in [0.25, 0.3) is 0 Å². The molecular weight excluding hydrogens is 218 g/mol. The van der Waals surface area contributed by atoms with Crippen LogP contribution in [-0.4, -0.2) is 10.7 Å². The van der Waals surface area contributed by atoms with E-state index in [9.17, 15) is 14.9 Å². The van der Waals surface area contributed by atoms with Crippen LogP contribution in [0, 0.1) is 10.1 Å². The molecule has 0 spiro atoms. The van der Waals surface area contributed by atoms with Gasteiger partial charge in [0.15, 0.2) is 0 Å². The van der Waals surface area contributed by atoms with Crippen molar-refractivity contribution in [1.82, 2.24) is 0 Å². The maximum atomic E-state index is 11.1. The van der Waals surface area contributed by atoms with Crippen molar-refractivity contribution >= 4 is 23.1 Å². The summed E-state index contributed by atoms with van der Waals surface area (Å²) >= 11 is 5.66. The summed E-state index contributed by atoms with van der Waals surface area (Å²) in [5.74, 6) is -0.594. The Morgan fingerprint density at radius 2 is 2.13 bits per heavy atom. The summed E-state index contributed by atoms with van der Waals surface area (Å²) in [5, 5.41) is 11.0. The highest BCUT2D eigenvalue weighted by atomic mass is 35.5. The summed E-state index contributed by atoms with van der Waals surface area (Å²) in [5.41, 5.74) is 0.294. The average molecular weight is 228 g/mol. The van der Waals surface area contributed by atoms with E-state index < -0.39 is 10.8 Å². The summed E-state index contributed by atoms with van der Waals surface area (Å²) in [7, 11) is 0. The zero-order valence-electron chi connectivity index (χ0n) is 8.36. The summed E-state index contributed by atoms with van der Waals surface area (Å²) in [6.07, 6.45) is 0. The lowest BCUT2D eigenvalue weighted by Gasteiger charge is -2.08. The number of ketones is 1. The van der Waals surface area contributed by atoms with Crippen LogP contribution in [0.1, 0.15) is 25.3 Å². The first-order chi connectivity index (χ1) is 6.93. The molecule has 1 aromatic carbocycles. The molecule has 1 atom stereocenters. The van der Waals surface area contributed by atoms with Crippen molar-refractivity contribution in [2.75, 3.05) is 0 Å². The summed E-state index contributed by atoms with van der Waals surface area (Å²) in [4.78, 5) is 21.4. The number of hydrogen-bond acceptors (Lipinski definition) is 3. The number of carbonyl (C=O) groups is 1. The molecule has 80 valence electrons. The van der Waals surface area contributed by atoms with Gasteiger partial charge in [-0.05, 0) is 19.1 Å². The normalized spacial score (nSPS) is 12.2. The monoisotopic (exact) mass is 227 g/mol. The lowest BCUT2D eigenvalue weighted by molar-refractivity contribution is -0.385. The van der Waals surface area contributed by atoms with E-state index in [1.165, 1.54) is 19.1 Å². The molecule has 1 rings (SSSR count). The second-order valence-electron chi connectivity index (χ2n) is 3.29. The fourth-order valence-corrected chi connectivity index (χ4v) is 1.43. The molecule has 0 radical (unpaired) electrons. The van der Waals surface area contributed by atoms with Gasteiger partial charge in [-0.15, -0.1) is 0 Å². The largest absolute Gasteiger partial charge is 0.299 e. The van der Waals surface area contributed by atoms with Crippen LogP contribution < -0.4 is 0 Å². The number of hydrogen-bond donors (Lipinski definition) is 0. The van der Waals surface area contributed by atoms with Gasteiger partial charge in [0.2, 0.25) is 0 Å². The third-order valence-corrected chi connectivity index (χ3v) is 2.50. The Balaban J connectivity index is 3.28. The Labute approximate surface area is 92.0 Å². The van der Waals surface area contributed by atoms with Crippen LogP contribution in [-0.2, 0) is 4.79 Å². The summed E-state index contributed by atoms with van der Waals surface area (Å²) in [6, 6.07) is 4.33. The highest BCUT2D eigenvalue weighted by Gasteiger charge is 2.21. The molecule has 0 saturated heterocycles. The Kier molecular flexibility index (Phi) is 3.42. The molecule has 0 aliphatic rings. The SMILES string of the molecule is CC(=O)C(C)c1ccc(Cl)cc1[N+](=O)[O-]. The fourth-order valence-electron chi connectivity index (χ4n) is 1.26. The summed E-state index contributed by atoms with van der Waals surface area (Å²) in [6.45, 7) is 3.04. The first-order valence-corrected chi connectivity index (χ1v) is 4.75. The van der Waals surface area contributed by atoms with E-state index in [0.717, 1.165) is 0 Å². The van der Waals surface area contributed by atoms with Crippen molar-refractivity contribution < 1.29 is 9.72 Å². The number of carbonyl (C=O) groups excluding carboxylic acids is 1. The molecule has 0 saturated carbocycles. The van der Waals surface area contributed by atoms with E-state index in [4.69, 9.17) is 11.6 Å². The van der Waals surface area contributed by atoms with E-state index >= 15 is 0 Å². The number of nitrogens with zero attached hydrogens (tertiary/aromatic N) is 1. The van der Waals surface area contributed by atoms with Crippen LogP contribution in [0.2, 0.25) is 5.02 Å². The van der Waals surface area contributed by atoms with E-state index in [0.29, 0.717) is 10.6 Å². The zero-order valence-corrected chi connectivity index (χ0v) is 9.12. The molecule has 0 aliphatic heterocycles. The molecule has 1 unspecified atom stereocenters. The zero-order chi connectivity index (χ0) is 11.6. The van der Waals surface area contributed by atoms with Gasteiger partial charge in [-0.25, -0.2) is 0 Å². The Bertz CT molecular complexity index is 417. The van der Waals surface area contributed by atoms with Gasteiger partial charge < -0.3 is 0 Å². The predicted octanol–water partition coefficient (Wildman–Crippen LogP) is 2.94. The standard InChI is InChI=1S/C10H10ClNO3/c1-6(7(2)13)9-4-3-8(11)5-10(9)12(14)15/h3-6H,1-2H3. The minimum absolute atomic E-state index is 0.106. The van der Waals surface area contributed by atoms with Crippen LogP contribution in [0.4, 0.5) is 5.69 Å². The van der Waals surface area contributed by atoms with Crippen LogP contribution in [0.15, 0.2) is 18.2 Å². The van der Waals surface area contributed by atoms with Gasteiger partial charge in [0, 0.05) is 22.6 Å². The lowest BCUT2D eigenvalue weighted by Crippen LogP contribution is -2.07. The average Bonchev–Trinajstić information content (AvgIpc) is 2.16. The van der Waals surface area contributed by atoms with E-state index in [-0.39, 0.29) is 11.5 Å². The third-order valence-electron chi connectivity index (χ3n) is 2.27. The minimum Gasteiger partial charge on any atom is -0.299 e. The maximum absolute atomic E-state index is 11.1. The molecule has 4 nitrogen and oxygen atoms in total. The van der Waals surface area contributed by atoms with Crippen molar-refractivity contribution in [3.63, 3.8) is 0 Å². The van der Waals surface area contributed by atoms with Crippen molar-refractivity contribution in [2.24, 2.45) is 0 Å². The van der Waals surface area contributed by atoms with Gasteiger partial charge in [0.05, 0.1) is 4.92 Å².